The highest BCUT2D eigenvalue weighted by Gasteiger charge is 2.64. The van der Waals surface area contributed by atoms with E-state index in [2.05, 4.69) is 0 Å². The molecular weight excluding hydrogens is 168 g/mol. The van der Waals surface area contributed by atoms with Crippen LogP contribution in [-0.2, 0) is 4.79 Å². The number of ketones is 1. The molecule has 3 atom stereocenters. The topological polar surface area (TPSA) is 57.5 Å². The monoisotopic (exact) mass is 184 g/mol. The molecule has 0 heterocycles. The highest BCUT2D eigenvalue weighted by atomic mass is 16.3. The number of carbonyl (C=O) groups is 1. The van der Waals surface area contributed by atoms with Crippen molar-refractivity contribution in [2.75, 3.05) is 6.61 Å². The number of aliphatic hydroxyl groups is 2. The Morgan fingerprint density at radius 2 is 2.15 bits per heavy atom. The van der Waals surface area contributed by atoms with Gasteiger partial charge in [0.1, 0.15) is 5.78 Å². The van der Waals surface area contributed by atoms with Crippen molar-refractivity contribution in [3.05, 3.63) is 0 Å². The first-order valence-electron chi connectivity index (χ1n) is 4.78. The van der Waals surface area contributed by atoms with E-state index in [-0.39, 0.29) is 29.6 Å². The number of Topliss-reactive ketones (excluding diaryl/α,β-unsaturated/α-hetero) is 1. The van der Waals surface area contributed by atoms with Crippen LogP contribution in [0.3, 0.4) is 0 Å². The molecule has 2 N–H and O–H groups in total. The van der Waals surface area contributed by atoms with E-state index in [4.69, 9.17) is 5.11 Å². The maximum atomic E-state index is 11.5. The molecule has 2 aliphatic carbocycles. The molecule has 0 aliphatic heterocycles. The van der Waals surface area contributed by atoms with Gasteiger partial charge in [0.2, 0.25) is 0 Å². The smallest absolute Gasteiger partial charge is 0.137 e. The second-order valence-corrected chi connectivity index (χ2v) is 5.06. The fourth-order valence-corrected chi connectivity index (χ4v) is 3.19. The molecule has 2 rings (SSSR count). The normalized spacial score (nSPS) is 47.2. The third-order valence-electron chi connectivity index (χ3n) is 4.07. The summed E-state index contributed by atoms with van der Waals surface area (Å²) in [5.41, 5.74) is -1.13. The minimum atomic E-state index is -0.998. The van der Waals surface area contributed by atoms with E-state index < -0.39 is 5.60 Å². The van der Waals surface area contributed by atoms with Crippen LogP contribution in [0.4, 0.5) is 0 Å². The van der Waals surface area contributed by atoms with Gasteiger partial charge in [-0.1, -0.05) is 13.8 Å². The van der Waals surface area contributed by atoms with Crippen LogP contribution in [0.5, 0.6) is 0 Å². The Kier molecular flexibility index (Phi) is 1.65. The van der Waals surface area contributed by atoms with Crippen LogP contribution in [0, 0.1) is 17.3 Å². The summed E-state index contributed by atoms with van der Waals surface area (Å²) >= 11 is 0. The van der Waals surface area contributed by atoms with Crippen molar-refractivity contribution in [2.45, 2.75) is 32.3 Å². The first kappa shape index (κ1) is 9.16. The van der Waals surface area contributed by atoms with Gasteiger partial charge in [0.25, 0.3) is 0 Å². The Morgan fingerprint density at radius 1 is 1.54 bits per heavy atom. The third-order valence-corrected chi connectivity index (χ3v) is 4.07. The van der Waals surface area contributed by atoms with E-state index in [1.165, 1.54) is 0 Å². The van der Waals surface area contributed by atoms with Crippen LogP contribution in [0.25, 0.3) is 0 Å². The molecule has 0 saturated heterocycles. The summed E-state index contributed by atoms with van der Waals surface area (Å²) < 4.78 is 0. The third kappa shape index (κ3) is 0.945. The van der Waals surface area contributed by atoms with Crippen LogP contribution < -0.4 is 0 Å². The molecule has 2 bridgehead atoms. The van der Waals surface area contributed by atoms with Crippen LogP contribution in [0.2, 0.25) is 0 Å². The molecule has 0 unspecified atom stereocenters. The molecule has 74 valence electrons. The Balaban J connectivity index is 2.37. The number of carbonyl (C=O) groups excluding carboxylic acids is 1. The van der Waals surface area contributed by atoms with E-state index in [1.54, 1.807) is 0 Å². The lowest BCUT2D eigenvalue weighted by Crippen LogP contribution is -2.42. The highest BCUT2D eigenvalue weighted by molar-refractivity contribution is 5.86. The average molecular weight is 184 g/mol. The van der Waals surface area contributed by atoms with Crippen molar-refractivity contribution >= 4 is 5.78 Å². The standard InChI is InChI=1S/C10H16O3/c1-9(2)6-4-10(13,5-11)8(9)3-7(6)12/h6,8,11,13H,3-5H2,1-2H3/t6-,8+,10+/m0/s1. The van der Waals surface area contributed by atoms with Gasteiger partial charge in [0.05, 0.1) is 12.2 Å². The molecule has 0 amide bonds. The molecule has 3 nitrogen and oxygen atoms in total. The predicted octanol–water partition coefficient (Wildman–Crippen LogP) is 0.345. The maximum absolute atomic E-state index is 11.5. The Labute approximate surface area is 77.8 Å². The predicted molar refractivity (Wildman–Crippen MR) is 47.0 cm³/mol. The van der Waals surface area contributed by atoms with E-state index >= 15 is 0 Å². The summed E-state index contributed by atoms with van der Waals surface area (Å²) in [5, 5.41) is 19.1. The molecule has 2 saturated carbocycles. The van der Waals surface area contributed by atoms with E-state index in [0.29, 0.717) is 12.8 Å². The molecule has 13 heavy (non-hydrogen) atoms. The second kappa shape index (κ2) is 2.34. The largest absolute Gasteiger partial charge is 0.393 e. The molecule has 0 spiro atoms. The zero-order valence-electron chi connectivity index (χ0n) is 8.08. The Morgan fingerprint density at radius 3 is 2.46 bits per heavy atom. The fourth-order valence-electron chi connectivity index (χ4n) is 3.19. The van der Waals surface area contributed by atoms with Gasteiger partial charge in [-0.15, -0.1) is 0 Å². The summed E-state index contributed by atoms with van der Waals surface area (Å²) in [6.45, 7) is 3.81. The summed E-state index contributed by atoms with van der Waals surface area (Å²) in [6, 6.07) is 0. The lowest BCUT2D eigenvalue weighted by Gasteiger charge is -2.32. The minimum Gasteiger partial charge on any atom is -0.393 e. The van der Waals surface area contributed by atoms with Gasteiger partial charge in [-0.2, -0.15) is 0 Å². The van der Waals surface area contributed by atoms with Gasteiger partial charge in [-0.25, -0.2) is 0 Å². The van der Waals surface area contributed by atoms with Crippen LogP contribution in [0.15, 0.2) is 0 Å². The SMILES string of the molecule is CC1(C)[C@H]2CC(=O)[C@@H]1C[C@@]2(O)CO. The zero-order chi connectivity index (χ0) is 9.85. The van der Waals surface area contributed by atoms with Crippen LogP contribution in [0.1, 0.15) is 26.7 Å². The first-order chi connectivity index (χ1) is 5.92. The molecule has 3 heteroatoms. The Bertz CT molecular complexity index is 259. The maximum Gasteiger partial charge on any atom is 0.137 e. The highest BCUT2D eigenvalue weighted by Crippen LogP contribution is 2.59. The number of hydrogen-bond donors (Lipinski definition) is 2. The number of aliphatic hydroxyl groups excluding tert-OH is 1. The van der Waals surface area contributed by atoms with Crippen molar-refractivity contribution in [3.63, 3.8) is 0 Å². The van der Waals surface area contributed by atoms with Gasteiger partial charge in [0, 0.05) is 18.3 Å². The van der Waals surface area contributed by atoms with Gasteiger partial charge in [0.15, 0.2) is 0 Å². The molecule has 0 radical (unpaired) electrons. The molecule has 2 fully saturated rings. The fraction of sp³-hybridized carbons (Fsp3) is 0.900. The van der Waals surface area contributed by atoms with Gasteiger partial charge >= 0.3 is 0 Å². The average Bonchev–Trinajstić information content (AvgIpc) is 2.38. The minimum absolute atomic E-state index is 0.0466. The van der Waals surface area contributed by atoms with Crippen molar-refractivity contribution in [1.82, 2.24) is 0 Å². The van der Waals surface area contributed by atoms with Crippen molar-refractivity contribution in [1.29, 1.82) is 0 Å². The summed E-state index contributed by atoms with van der Waals surface area (Å²) in [4.78, 5) is 11.5. The summed E-state index contributed by atoms with van der Waals surface area (Å²) in [7, 11) is 0. The number of rotatable bonds is 1. The lowest BCUT2D eigenvalue weighted by atomic mass is 9.78. The van der Waals surface area contributed by atoms with Crippen molar-refractivity contribution in [3.8, 4) is 0 Å². The summed E-state index contributed by atoms with van der Waals surface area (Å²) in [6.07, 6.45) is 0.884. The van der Waals surface area contributed by atoms with Crippen LogP contribution in [-0.4, -0.2) is 28.2 Å². The van der Waals surface area contributed by atoms with E-state index in [1.807, 2.05) is 13.8 Å². The molecule has 2 aliphatic rings. The van der Waals surface area contributed by atoms with E-state index in [9.17, 15) is 9.90 Å². The molecule has 0 aromatic carbocycles. The van der Waals surface area contributed by atoms with E-state index in [0.717, 1.165) is 0 Å². The second-order valence-electron chi connectivity index (χ2n) is 5.06. The van der Waals surface area contributed by atoms with Crippen molar-refractivity contribution < 1.29 is 15.0 Å². The van der Waals surface area contributed by atoms with Gasteiger partial charge in [-0.3, -0.25) is 4.79 Å². The molecule has 0 aromatic heterocycles. The lowest BCUT2D eigenvalue weighted by molar-refractivity contribution is -0.128. The zero-order valence-corrected chi connectivity index (χ0v) is 8.08. The Hall–Kier alpha value is -0.410. The molecule has 0 aromatic rings. The van der Waals surface area contributed by atoms with Crippen molar-refractivity contribution in [2.24, 2.45) is 17.3 Å². The van der Waals surface area contributed by atoms with Crippen LogP contribution >= 0.6 is 0 Å². The van der Waals surface area contributed by atoms with Gasteiger partial charge < -0.3 is 10.2 Å². The quantitative estimate of drug-likeness (QED) is 0.618. The number of fused-ring (bicyclic) bond motifs is 2. The summed E-state index contributed by atoms with van der Waals surface area (Å²) in [5.74, 6) is 0.158. The molecular formula is C10H16O3. The van der Waals surface area contributed by atoms with Gasteiger partial charge in [-0.05, 0) is 11.8 Å². The first-order valence-corrected chi connectivity index (χ1v) is 4.78. The number of hydrogen-bond acceptors (Lipinski definition) is 3.